The Kier molecular flexibility index (Phi) is 3.57. The Morgan fingerprint density at radius 1 is 1.50 bits per heavy atom. The van der Waals surface area contributed by atoms with E-state index in [0.717, 1.165) is 11.3 Å². The van der Waals surface area contributed by atoms with Crippen LogP contribution in [0.3, 0.4) is 0 Å². The highest BCUT2D eigenvalue weighted by Crippen LogP contribution is 2.02. The normalized spacial score (nSPS) is 10.3. The van der Waals surface area contributed by atoms with Crippen LogP contribution < -0.4 is 11.1 Å². The van der Waals surface area contributed by atoms with Gasteiger partial charge in [0.1, 0.15) is 12.4 Å². The minimum atomic E-state index is -0.122. The van der Waals surface area contributed by atoms with E-state index in [-0.39, 0.29) is 12.5 Å². The zero-order valence-corrected chi connectivity index (χ0v) is 10.1. The molecule has 0 saturated carbocycles. The molecule has 2 rings (SSSR count). The summed E-state index contributed by atoms with van der Waals surface area (Å²) < 4.78 is 1.50. The quantitative estimate of drug-likeness (QED) is 0.820. The minimum absolute atomic E-state index is 0.122. The summed E-state index contributed by atoms with van der Waals surface area (Å²) in [5, 5.41) is 6.74. The highest BCUT2D eigenvalue weighted by molar-refractivity contribution is 5.75. The Labute approximate surface area is 105 Å². The monoisotopic (exact) mass is 245 g/mol. The lowest BCUT2D eigenvalue weighted by Gasteiger charge is -2.06. The zero-order chi connectivity index (χ0) is 13.0. The minimum Gasteiger partial charge on any atom is -0.382 e. The van der Waals surface area contributed by atoms with Crippen molar-refractivity contribution in [2.75, 3.05) is 5.73 Å². The molecule has 0 aliphatic heterocycles. The molecule has 94 valence electrons. The maximum atomic E-state index is 11.7. The summed E-state index contributed by atoms with van der Waals surface area (Å²) in [5.41, 5.74) is 7.39. The number of hydrogen-bond acceptors (Lipinski definition) is 4. The van der Waals surface area contributed by atoms with Crippen molar-refractivity contribution in [3.8, 4) is 0 Å². The Bertz CT molecular complexity index is 549. The smallest absolute Gasteiger partial charge is 0.242 e. The van der Waals surface area contributed by atoms with E-state index in [1.165, 1.54) is 4.68 Å². The number of anilines is 1. The predicted octanol–water partition coefficient (Wildman–Crippen LogP) is 0.485. The fourth-order valence-corrected chi connectivity index (χ4v) is 1.55. The summed E-state index contributed by atoms with van der Waals surface area (Å²) in [6.45, 7) is 2.54. The van der Waals surface area contributed by atoms with Crippen molar-refractivity contribution in [1.29, 1.82) is 0 Å². The zero-order valence-electron chi connectivity index (χ0n) is 10.1. The van der Waals surface area contributed by atoms with Gasteiger partial charge in [-0.2, -0.15) is 5.10 Å². The van der Waals surface area contributed by atoms with E-state index in [1.54, 1.807) is 18.5 Å². The predicted molar refractivity (Wildman–Crippen MR) is 67.5 cm³/mol. The van der Waals surface area contributed by atoms with Crippen molar-refractivity contribution >= 4 is 11.7 Å². The standard InChI is InChI=1S/C12H15N5O/c1-9-3-2-5-14-10(9)7-15-12(18)8-17-6-4-11(13)16-17/h2-6H,7-8H2,1H3,(H2,13,16)(H,15,18). The summed E-state index contributed by atoms with van der Waals surface area (Å²) in [4.78, 5) is 15.9. The molecular weight excluding hydrogens is 230 g/mol. The molecule has 0 aliphatic rings. The van der Waals surface area contributed by atoms with Gasteiger partial charge in [-0.15, -0.1) is 0 Å². The third-order valence-corrected chi connectivity index (χ3v) is 2.54. The molecule has 0 spiro atoms. The second-order valence-electron chi connectivity index (χ2n) is 3.98. The van der Waals surface area contributed by atoms with Crippen LogP contribution in [0.1, 0.15) is 11.3 Å². The summed E-state index contributed by atoms with van der Waals surface area (Å²) in [6, 6.07) is 5.48. The van der Waals surface area contributed by atoms with Gasteiger partial charge in [0.25, 0.3) is 0 Å². The van der Waals surface area contributed by atoms with Gasteiger partial charge in [0.2, 0.25) is 5.91 Å². The molecule has 0 radical (unpaired) electrons. The summed E-state index contributed by atoms with van der Waals surface area (Å²) in [5.74, 6) is 0.284. The Hall–Kier alpha value is -2.37. The van der Waals surface area contributed by atoms with Crippen LogP contribution >= 0.6 is 0 Å². The lowest BCUT2D eigenvalue weighted by atomic mass is 10.2. The van der Waals surface area contributed by atoms with Crippen molar-refractivity contribution in [2.24, 2.45) is 0 Å². The molecule has 2 aromatic rings. The van der Waals surface area contributed by atoms with Gasteiger partial charge in [-0.05, 0) is 24.6 Å². The van der Waals surface area contributed by atoms with E-state index in [1.807, 2.05) is 19.1 Å². The number of nitrogens with zero attached hydrogens (tertiary/aromatic N) is 3. The van der Waals surface area contributed by atoms with E-state index in [2.05, 4.69) is 15.4 Å². The lowest BCUT2D eigenvalue weighted by molar-refractivity contribution is -0.122. The van der Waals surface area contributed by atoms with Crippen LogP contribution in [-0.2, 0) is 17.9 Å². The van der Waals surface area contributed by atoms with Gasteiger partial charge in [-0.25, -0.2) is 0 Å². The van der Waals surface area contributed by atoms with Gasteiger partial charge in [0.05, 0.1) is 12.2 Å². The number of nitrogen functional groups attached to an aromatic ring is 1. The number of amides is 1. The van der Waals surface area contributed by atoms with E-state index in [4.69, 9.17) is 5.73 Å². The first-order valence-electron chi connectivity index (χ1n) is 5.61. The first-order chi connectivity index (χ1) is 8.65. The number of hydrogen-bond donors (Lipinski definition) is 2. The number of aromatic nitrogens is 3. The molecule has 0 saturated heterocycles. The van der Waals surface area contributed by atoms with E-state index < -0.39 is 0 Å². The topological polar surface area (TPSA) is 85.8 Å². The van der Waals surface area contributed by atoms with Crippen molar-refractivity contribution in [3.05, 3.63) is 41.9 Å². The van der Waals surface area contributed by atoms with Gasteiger partial charge < -0.3 is 11.1 Å². The van der Waals surface area contributed by atoms with Crippen LogP contribution in [0.4, 0.5) is 5.82 Å². The van der Waals surface area contributed by atoms with Crippen molar-refractivity contribution in [1.82, 2.24) is 20.1 Å². The molecule has 0 aromatic carbocycles. The number of nitrogens with two attached hydrogens (primary N) is 1. The summed E-state index contributed by atoms with van der Waals surface area (Å²) >= 11 is 0. The van der Waals surface area contributed by atoms with Crippen LogP contribution in [0, 0.1) is 6.92 Å². The Morgan fingerprint density at radius 3 is 3.00 bits per heavy atom. The summed E-state index contributed by atoms with van der Waals surface area (Å²) in [6.07, 6.45) is 3.38. The first-order valence-corrected chi connectivity index (χ1v) is 5.61. The molecule has 2 heterocycles. The number of aryl methyl sites for hydroxylation is 1. The largest absolute Gasteiger partial charge is 0.382 e. The molecule has 0 unspecified atom stereocenters. The van der Waals surface area contributed by atoms with Gasteiger partial charge >= 0.3 is 0 Å². The van der Waals surface area contributed by atoms with Crippen molar-refractivity contribution in [3.63, 3.8) is 0 Å². The molecule has 2 aromatic heterocycles. The maximum Gasteiger partial charge on any atom is 0.242 e. The molecule has 0 aliphatic carbocycles. The van der Waals surface area contributed by atoms with Crippen LogP contribution in [0.15, 0.2) is 30.6 Å². The number of rotatable bonds is 4. The highest BCUT2D eigenvalue weighted by atomic mass is 16.2. The fraction of sp³-hybridized carbons (Fsp3) is 0.250. The lowest BCUT2D eigenvalue weighted by Crippen LogP contribution is -2.28. The second-order valence-corrected chi connectivity index (χ2v) is 3.98. The molecule has 1 amide bonds. The third kappa shape index (κ3) is 3.07. The number of pyridine rings is 1. The van der Waals surface area contributed by atoms with E-state index >= 15 is 0 Å². The molecule has 0 bridgehead atoms. The Morgan fingerprint density at radius 2 is 2.33 bits per heavy atom. The SMILES string of the molecule is Cc1cccnc1CNC(=O)Cn1ccc(N)n1. The maximum absolute atomic E-state index is 11.7. The average molecular weight is 245 g/mol. The molecular formula is C12H15N5O. The molecule has 6 heteroatoms. The van der Waals surface area contributed by atoms with Gasteiger partial charge in [0, 0.05) is 12.4 Å². The number of nitrogens with one attached hydrogen (secondary N) is 1. The van der Waals surface area contributed by atoms with Gasteiger partial charge in [-0.3, -0.25) is 14.5 Å². The second kappa shape index (κ2) is 5.31. The molecule has 6 nitrogen and oxygen atoms in total. The molecule has 0 atom stereocenters. The van der Waals surface area contributed by atoms with E-state index in [0.29, 0.717) is 12.4 Å². The number of carbonyl (C=O) groups is 1. The van der Waals surface area contributed by atoms with Gasteiger partial charge in [-0.1, -0.05) is 6.07 Å². The number of carbonyl (C=O) groups excluding carboxylic acids is 1. The highest BCUT2D eigenvalue weighted by Gasteiger charge is 2.05. The van der Waals surface area contributed by atoms with Crippen LogP contribution in [-0.4, -0.2) is 20.7 Å². The van der Waals surface area contributed by atoms with Crippen LogP contribution in [0.2, 0.25) is 0 Å². The van der Waals surface area contributed by atoms with Crippen LogP contribution in [0.5, 0.6) is 0 Å². The van der Waals surface area contributed by atoms with E-state index in [9.17, 15) is 4.79 Å². The van der Waals surface area contributed by atoms with Crippen molar-refractivity contribution < 1.29 is 4.79 Å². The summed E-state index contributed by atoms with van der Waals surface area (Å²) in [7, 11) is 0. The molecule has 18 heavy (non-hydrogen) atoms. The average Bonchev–Trinajstić information content (AvgIpc) is 2.74. The third-order valence-electron chi connectivity index (χ3n) is 2.54. The Balaban J connectivity index is 1.87. The first kappa shape index (κ1) is 12.1. The van der Waals surface area contributed by atoms with Gasteiger partial charge in [0.15, 0.2) is 0 Å². The fourth-order valence-electron chi connectivity index (χ4n) is 1.55. The molecule has 3 N–H and O–H groups in total. The van der Waals surface area contributed by atoms with Crippen molar-refractivity contribution in [2.45, 2.75) is 20.0 Å². The van der Waals surface area contributed by atoms with Crippen LogP contribution in [0.25, 0.3) is 0 Å². The molecule has 0 fully saturated rings.